The lowest BCUT2D eigenvalue weighted by molar-refractivity contribution is -0.142. The summed E-state index contributed by atoms with van der Waals surface area (Å²) in [5.74, 6) is -0.337. The minimum absolute atomic E-state index is 0.274. The molecule has 0 saturated heterocycles. The fraction of sp³-hybridized carbons (Fsp3) is 0.500. The maximum absolute atomic E-state index is 12.7. The van der Waals surface area contributed by atoms with Crippen LogP contribution < -0.4 is 0 Å². The van der Waals surface area contributed by atoms with Gasteiger partial charge in [-0.05, 0) is 26.0 Å². The molecule has 0 fully saturated rings. The molecule has 0 aliphatic heterocycles. The number of alkyl halides is 3. The number of aromatic nitrogens is 4. The number of carbonyl (C=O) groups excluding carboxylic acids is 1. The lowest BCUT2D eigenvalue weighted by Crippen LogP contribution is -2.33. The lowest BCUT2D eigenvalue weighted by Gasteiger charge is -2.21. The lowest BCUT2D eigenvalue weighted by atomic mass is 10.2. The fourth-order valence-electron chi connectivity index (χ4n) is 2.31. The molecule has 1 amide bonds. The standard InChI is InChI=1S/C14H18F3N5O/c1-9-7-12(14(15,16)17)19-22(9)10(2)13(23)20(3)8-11-5-6-21(4)18-11/h5-7,10H,8H2,1-4H3. The largest absolute Gasteiger partial charge is 0.435 e. The van der Waals surface area contributed by atoms with Crippen LogP contribution >= 0.6 is 0 Å². The normalized spacial score (nSPS) is 13.2. The van der Waals surface area contributed by atoms with Crippen LogP contribution in [0.3, 0.4) is 0 Å². The van der Waals surface area contributed by atoms with Gasteiger partial charge in [0.25, 0.3) is 0 Å². The smallest absolute Gasteiger partial charge is 0.338 e. The van der Waals surface area contributed by atoms with Crippen LogP contribution in [0.5, 0.6) is 0 Å². The summed E-state index contributed by atoms with van der Waals surface area (Å²) in [5.41, 5.74) is -0.0184. The Morgan fingerprint density at radius 3 is 2.52 bits per heavy atom. The van der Waals surface area contributed by atoms with Crippen molar-refractivity contribution in [2.24, 2.45) is 7.05 Å². The highest BCUT2D eigenvalue weighted by Gasteiger charge is 2.35. The summed E-state index contributed by atoms with van der Waals surface area (Å²) in [6.07, 6.45) is -2.77. The summed E-state index contributed by atoms with van der Waals surface area (Å²) in [4.78, 5) is 13.8. The Balaban J connectivity index is 2.14. The molecule has 0 spiro atoms. The van der Waals surface area contributed by atoms with Crippen molar-refractivity contribution in [2.75, 3.05) is 7.05 Å². The van der Waals surface area contributed by atoms with Crippen molar-refractivity contribution >= 4 is 5.91 Å². The number of aryl methyl sites for hydroxylation is 2. The van der Waals surface area contributed by atoms with E-state index in [0.29, 0.717) is 5.69 Å². The van der Waals surface area contributed by atoms with Crippen LogP contribution in [0, 0.1) is 6.92 Å². The van der Waals surface area contributed by atoms with Crippen molar-refractivity contribution in [1.82, 2.24) is 24.5 Å². The van der Waals surface area contributed by atoms with E-state index in [4.69, 9.17) is 0 Å². The predicted molar refractivity (Wildman–Crippen MR) is 76.4 cm³/mol. The van der Waals surface area contributed by atoms with Gasteiger partial charge in [0, 0.05) is 26.0 Å². The van der Waals surface area contributed by atoms with Gasteiger partial charge in [0.05, 0.1) is 12.2 Å². The molecule has 2 aromatic heterocycles. The molecule has 1 atom stereocenters. The molecule has 2 heterocycles. The van der Waals surface area contributed by atoms with Gasteiger partial charge in [-0.15, -0.1) is 0 Å². The molecule has 0 aromatic carbocycles. The van der Waals surface area contributed by atoms with Gasteiger partial charge < -0.3 is 4.90 Å². The maximum Gasteiger partial charge on any atom is 0.435 e. The van der Waals surface area contributed by atoms with Gasteiger partial charge in [-0.25, -0.2) is 0 Å². The molecule has 0 saturated carbocycles. The molecule has 6 nitrogen and oxygen atoms in total. The summed E-state index contributed by atoms with van der Waals surface area (Å²) < 4.78 is 40.8. The molecule has 0 radical (unpaired) electrons. The zero-order chi connectivity index (χ0) is 17.4. The first-order chi connectivity index (χ1) is 10.6. The van der Waals surface area contributed by atoms with E-state index >= 15 is 0 Å². The van der Waals surface area contributed by atoms with E-state index in [2.05, 4.69) is 10.2 Å². The first-order valence-electron chi connectivity index (χ1n) is 6.96. The molecular weight excluding hydrogens is 311 g/mol. The van der Waals surface area contributed by atoms with Gasteiger partial charge in [0.15, 0.2) is 5.69 Å². The third-order valence-corrected chi connectivity index (χ3v) is 3.48. The highest BCUT2D eigenvalue weighted by molar-refractivity contribution is 5.79. The molecule has 23 heavy (non-hydrogen) atoms. The van der Waals surface area contributed by atoms with E-state index < -0.39 is 17.9 Å². The number of hydrogen-bond acceptors (Lipinski definition) is 3. The van der Waals surface area contributed by atoms with Crippen molar-refractivity contribution in [3.8, 4) is 0 Å². The van der Waals surface area contributed by atoms with Crippen LogP contribution in [-0.2, 0) is 24.6 Å². The zero-order valence-electron chi connectivity index (χ0n) is 13.3. The highest BCUT2D eigenvalue weighted by Crippen LogP contribution is 2.29. The number of hydrogen-bond donors (Lipinski definition) is 0. The van der Waals surface area contributed by atoms with Gasteiger partial charge in [0.2, 0.25) is 5.91 Å². The van der Waals surface area contributed by atoms with Gasteiger partial charge in [-0.1, -0.05) is 0 Å². The maximum atomic E-state index is 12.7. The average Bonchev–Trinajstić information content (AvgIpc) is 3.02. The van der Waals surface area contributed by atoms with Gasteiger partial charge in [0.1, 0.15) is 6.04 Å². The van der Waals surface area contributed by atoms with E-state index in [0.717, 1.165) is 10.7 Å². The molecule has 2 aromatic rings. The van der Waals surface area contributed by atoms with Crippen LogP contribution in [0.1, 0.15) is 30.0 Å². The second-order valence-corrected chi connectivity index (χ2v) is 5.46. The monoisotopic (exact) mass is 329 g/mol. The molecule has 0 N–H and O–H groups in total. The molecule has 0 aliphatic carbocycles. The third kappa shape index (κ3) is 3.72. The molecule has 9 heteroatoms. The molecule has 126 valence electrons. The van der Waals surface area contributed by atoms with Gasteiger partial charge in [-0.3, -0.25) is 14.2 Å². The van der Waals surface area contributed by atoms with Gasteiger partial charge in [-0.2, -0.15) is 23.4 Å². The third-order valence-electron chi connectivity index (χ3n) is 3.48. The Morgan fingerprint density at radius 1 is 1.39 bits per heavy atom. The highest BCUT2D eigenvalue weighted by atomic mass is 19.4. The van der Waals surface area contributed by atoms with Crippen LogP contribution in [0.25, 0.3) is 0 Å². The first kappa shape index (κ1) is 17.0. The quantitative estimate of drug-likeness (QED) is 0.864. The van der Waals surface area contributed by atoms with Crippen LogP contribution in [0.15, 0.2) is 18.3 Å². The summed E-state index contributed by atoms with van der Waals surface area (Å²) in [7, 11) is 3.34. The number of nitrogens with zero attached hydrogens (tertiary/aromatic N) is 5. The summed E-state index contributed by atoms with van der Waals surface area (Å²) >= 11 is 0. The van der Waals surface area contributed by atoms with Gasteiger partial charge >= 0.3 is 6.18 Å². The molecule has 1 unspecified atom stereocenters. The van der Waals surface area contributed by atoms with Crippen molar-refractivity contribution in [2.45, 2.75) is 32.6 Å². The Bertz CT molecular complexity index is 704. The van der Waals surface area contributed by atoms with Crippen molar-refractivity contribution < 1.29 is 18.0 Å². The Hall–Kier alpha value is -2.32. The van der Waals surface area contributed by atoms with Crippen LogP contribution in [0.4, 0.5) is 13.2 Å². The predicted octanol–water partition coefficient (Wildman–Crippen LogP) is 2.16. The summed E-state index contributed by atoms with van der Waals surface area (Å²) in [5, 5.41) is 7.69. The van der Waals surface area contributed by atoms with Crippen molar-refractivity contribution in [3.05, 3.63) is 35.4 Å². The van der Waals surface area contributed by atoms with Crippen LogP contribution in [0.2, 0.25) is 0 Å². The number of carbonyl (C=O) groups is 1. The van der Waals surface area contributed by atoms with Crippen molar-refractivity contribution in [1.29, 1.82) is 0 Å². The Morgan fingerprint density at radius 2 is 2.04 bits per heavy atom. The Kier molecular flexibility index (Phi) is 4.49. The minimum Gasteiger partial charge on any atom is -0.338 e. The van der Waals surface area contributed by atoms with E-state index in [1.165, 1.54) is 18.7 Å². The first-order valence-corrected chi connectivity index (χ1v) is 6.96. The van der Waals surface area contributed by atoms with E-state index in [1.807, 2.05) is 0 Å². The number of rotatable bonds is 4. The van der Waals surface area contributed by atoms with Crippen molar-refractivity contribution in [3.63, 3.8) is 0 Å². The zero-order valence-corrected chi connectivity index (χ0v) is 13.3. The summed E-state index contributed by atoms with van der Waals surface area (Å²) in [6.45, 7) is 3.29. The van der Waals surface area contributed by atoms with Crippen LogP contribution in [-0.4, -0.2) is 37.4 Å². The second kappa shape index (κ2) is 6.05. The summed E-state index contributed by atoms with van der Waals surface area (Å²) in [6, 6.07) is 1.87. The fourth-order valence-corrected chi connectivity index (χ4v) is 2.31. The average molecular weight is 329 g/mol. The number of likely N-dealkylation sites (N-methyl/N-ethyl adjacent to an activating group) is 1. The molecule has 0 bridgehead atoms. The van der Waals surface area contributed by atoms with E-state index in [-0.39, 0.29) is 18.1 Å². The SMILES string of the molecule is Cc1cc(C(F)(F)F)nn1C(C)C(=O)N(C)Cc1ccn(C)n1. The number of halogens is 3. The Labute approximate surface area is 131 Å². The minimum atomic E-state index is -4.53. The second-order valence-electron chi connectivity index (χ2n) is 5.46. The molecular formula is C14H18F3N5O. The van der Waals surface area contributed by atoms with E-state index in [1.54, 1.807) is 31.0 Å². The van der Waals surface area contributed by atoms with E-state index in [9.17, 15) is 18.0 Å². The number of amides is 1. The topological polar surface area (TPSA) is 56.0 Å². The molecule has 2 rings (SSSR count). The molecule has 0 aliphatic rings.